The van der Waals surface area contributed by atoms with Gasteiger partial charge in [0.05, 0.1) is 28.8 Å². The van der Waals surface area contributed by atoms with Gasteiger partial charge < -0.3 is 4.57 Å². The van der Waals surface area contributed by atoms with Crippen molar-refractivity contribution in [3.63, 3.8) is 0 Å². The smallest absolute Gasteiger partial charge is 0.174 e. The molecule has 0 bridgehead atoms. The number of imidazole rings is 1. The predicted octanol–water partition coefficient (Wildman–Crippen LogP) is 3.11. The zero-order valence-electron chi connectivity index (χ0n) is 10.5. The summed E-state index contributed by atoms with van der Waals surface area (Å²) in [7, 11) is 0. The summed E-state index contributed by atoms with van der Waals surface area (Å²) < 4.78 is 2.09. The van der Waals surface area contributed by atoms with Crippen LogP contribution in [-0.2, 0) is 6.42 Å². The fourth-order valence-electron chi connectivity index (χ4n) is 2.26. The van der Waals surface area contributed by atoms with Crippen molar-refractivity contribution in [1.82, 2.24) is 14.5 Å². The van der Waals surface area contributed by atoms with Gasteiger partial charge in [0.15, 0.2) is 5.78 Å². The van der Waals surface area contributed by atoms with Gasteiger partial charge in [-0.3, -0.25) is 4.79 Å². The molecule has 1 aliphatic carbocycles. The molecule has 0 amide bonds. The molecule has 4 nitrogen and oxygen atoms in total. The van der Waals surface area contributed by atoms with Gasteiger partial charge in [0.2, 0.25) is 0 Å². The summed E-state index contributed by atoms with van der Waals surface area (Å²) in [6.45, 7) is 4.23. The molecule has 0 unspecified atom stereocenters. The lowest BCUT2D eigenvalue weighted by Crippen LogP contribution is -2.07. The third-order valence-corrected chi connectivity index (χ3v) is 4.37. The Balaban J connectivity index is 2.07. The van der Waals surface area contributed by atoms with E-state index in [-0.39, 0.29) is 5.78 Å². The van der Waals surface area contributed by atoms with Crippen molar-refractivity contribution in [3.05, 3.63) is 23.1 Å². The fraction of sp³-hybridized carbons (Fsp3) is 0.462. The van der Waals surface area contributed by atoms with Gasteiger partial charge in [-0.15, -0.1) is 11.3 Å². The molecule has 0 atom stereocenters. The minimum atomic E-state index is 0.246. The Kier molecular flexibility index (Phi) is 2.78. The van der Waals surface area contributed by atoms with Crippen LogP contribution in [0, 0.1) is 0 Å². The molecule has 94 valence electrons. The summed E-state index contributed by atoms with van der Waals surface area (Å²) >= 11 is 1.51. The second-order valence-corrected chi connectivity index (χ2v) is 5.85. The van der Waals surface area contributed by atoms with E-state index < -0.39 is 0 Å². The highest BCUT2D eigenvalue weighted by Gasteiger charge is 2.23. The standard InChI is InChI=1S/C13H15N3OS/c1-8(2)16-7-14-6-10(16)13-15-9-4-3-5-11(17)12(9)18-13/h6-8H,3-5H2,1-2H3. The molecule has 1 aliphatic rings. The first-order valence-electron chi connectivity index (χ1n) is 6.22. The predicted molar refractivity (Wildman–Crippen MR) is 71.0 cm³/mol. The molecule has 0 aliphatic heterocycles. The monoisotopic (exact) mass is 261 g/mol. The second kappa shape index (κ2) is 4.31. The van der Waals surface area contributed by atoms with Gasteiger partial charge in [0, 0.05) is 12.5 Å². The van der Waals surface area contributed by atoms with Crippen LogP contribution in [0.3, 0.4) is 0 Å². The third kappa shape index (κ3) is 1.79. The summed E-state index contributed by atoms with van der Waals surface area (Å²) in [4.78, 5) is 21.5. The van der Waals surface area contributed by atoms with Crippen molar-refractivity contribution in [2.45, 2.75) is 39.2 Å². The maximum absolute atomic E-state index is 11.8. The van der Waals surface area contributed by atoms with E-state index in [0.29, 0.717) is 12.5 Å². The van der Waals surface area contributed by atoms with Crippen LogP contribution in [0.15, 0.2) is 12.5 Å². The molecular formula is C13H15N3OS. The van der Waals surface area contributed by atoms with Gasteiger partial charge in [-0.2, -0.15) is 0 Å². The number of carbonyl (C=O) groups excluding carboxylic acids is 1. The number of aromatic nitrogens is 3. The van der Waals surface area contributed by atoms with Crippen molar-refractivity contribution in [2.24, 2.45) is 0 Å². The quantitative estimate of drug-likeness (QED) is 0.834. The van der Waals surface area contributed by atoms with E-state index in [1.165, 1.54) is 11.3 Å². The molecule has 3 rings (SSSR count). The molecule has 0 fully saturated rings. The van der Waals surface area contributed by atoms with Crippen molar-refractivity contribution < 1.29 is 4.79 Å². The molecule has 2 aromatic heterocycles. The number of nitrogens with zero attached hydrogens (tertiary/aromatic N) is 3. The number of carbonyl (C=O) groups is 1. The van der Waals surface area contributed by atoms with Crippen LogP contribution in [0.1, 0.15) is 48.1 Å². The molecule has 0 saturated carbocycles. The highest BCUT2D eigenvalue weighted by Crippen LogP contribution is 2.33. The Morgan fingerprint density at radius 3 is 2.94 bits per heavy atom. The minimum absolute atomic E-state index is 0.246. The summed E-state index contributed by atoms with van der Waals surface area (Å²) in [5.41, 5.74) is 1.99. The lowest BCUT2D eigenvalue weighted by molar-refractivity contribution is 0.0976. The Hall–Kier alpha value is -1.49. The number of hydrogen-bond acceptors (Lipinski definition) is 4. The number of aryl methyl sites for hydroxylation is 1. The Morgan fingerprint density at radius 2 is 2.22 bits per heavy atom. The maximum Gasteiger partial charge on any atom is 0.174 e. The number of ketones is 1. The maximum atomic E-state index is 11.8. The lowest BCUT2D eigenvalue weighted by atomic mass is 10.0. The van der Waals surface area contributed by atoms with E-state index in [4.69, 9.17) is 0 Å². The summed E-state index contributed by atoms with van der Waals surface area (Å²) in [6.07, 6.45) is 6.17. The van der Waals surface area contributed by atoms with Crippen molar-refractivity contribution in [1.29, 1.82) is 0 Å². The fourth-order valence-corrected chi connectivity index (χ4v) is 3.35. The van der Waals surface area contributed by atoms with Gasteiger partial charge in [-0.1, -0.05) is 0 Å². The largest absolute Gasteiger partial charge is 0.326 e. The zero-order valence-corrected chi connectivity index (χ0v) is 11.3. The number of hydrogen-bond donors (Lipinski definition) is 0. The molecule has 18 heavy (non-hydrogen) atoms. The van der Waals surface area contributed by atoms with Gasteiger partial charge >= 0.3 is 0 Å². The van der Waals surface area contributed by atoms with Crippen LogP contribution < -0.4 is 0 Å². The molecule has 2 heterocycles. The zero-order chi connectivity index (χ0) is 12.7. The first-order valence-corrected chi connectivity index (χ1v) is 7.03. The number of rotatable bonds is 2. The van der Waals surface area contributed by atoms with Crippen LogP contribution in [0.25, 0.3) is 10.7 Å². The molecule has 2 aromatic rings. The first kappa shape index (κ1) is 11.6. The Bertz CT molecular complexity index is 597. The Labute approximate surface area is 110 Å². The van der Waals surface area contributed by atoms with Crippen molar-refractivity contribution in [3.8, 4) is 10.7 Å². The van der Waals surface area contributed by atoms with Crippen LogP contribution in [0.4, 0.5) is 0 Å². The van der Waals surface area contributed by atoms with E-state index in [0.717, 1.165) is 34.1 Å². The molecule has 5 heteroatoms. The van der Waals surface area contributed by atoms with E-state index in [2.05, 4.69) is 28.4 Å². The summed E-state index contributed by atoms with van der Waals surface area (Å²) in [5, 5.41) is 0.918. The normalized spacial score (nSPS) is 15.2. The molecule has 0 spiro atoms. The SMILES string of the molecule is CC(C)n1cncc1-c1nc2c(s1)C(=O)CCC2. The van der Waals surface area contributed by atoms with Gasteiger partial charge in [-0.25, -0.2) is 9.97 Å². The van der Waals surface area contributed by atoms with E-state index in [1.54, 1.807) is 0 Å². The number of fused-ring (bicyclic) bond motifs is 1. The third-order valence-electron chi connectivity index (χ3n) is 3.21. The molecule has 0 N–H and O–H groups in total. The van der Waals surface area contributed by atoms with Crippen molar-refractivity contribution in [2.75, 3.05) is 0 Å². The van der Waals surface area contributed by atoms with E-state index >= 15 is 0 Å². The van der Waals surface area contributed by atoms with Crippen molar-refractivity contribution >= 4 is 17.1 Å². The first-order chi connectivity index (χ1) is 8.66. The van der Waals surface area contributed by atoms with Crippen LogP contribution in [0.2, 0.25) is 0 Å². The van der Waals surface area contributed by atoms with Gasteiger partial charge in [-0.05, 0) is 26.7 Å². The molecule has 0 saturated heterocycles. The average molecular weight is 261 g/mol. The number of thiazole rings is 1. The van der Waals surface area contributed by atoms with Crippen LogP contribution in [-0.4, -0.2) is 20.3 Å². The van der Waals surface area contributed by atoms with E-state index in [9.17, 15) is 4.79 Å². The summed E-state index contributed by atoms with van der Waals surface area (Å²) in [6, 6.07) is 0.346. The molecule has 0 aromatic carbocycles. The molecular weight excluding hydrogens is 246 g/mol. The average Bonchev–Trinajstić information content (AvgIpc) is 2.95. The van der Waals surface area contributed by atoms with Gasteiger partial charge in [0.25, 0.3) is 0 Å². The van der Waals surface area contributed by atoms with Crippen LogP contribution in [0.5, 0.6) is 0 Å². The Morgan fingerprint density at radius 1 is 1.39 bits per heavy atom. The minimum Gasteiger partial charge on any atom is -0.326 e. The highest BCUT2D eigenvalue weighted by molar-refractivity contribution is 7.17. The van der Waals surface area contributed by atoms with Gasteiger partial charge in [0.1, 0.15) is 5.01 Å². The van der Waals surface area contributed by atoms with Crippen LogP contribution >= 0.6 is 11.3 Å². The molecule has 0 radical (unpaired) electrons. The lowest BCUT2D eigenvalue weighted by Gasteiger charge is -2.09. The number of Topliss-reactive ketones (excluding diaryl/α,β-unsaturated/α-hetero) is 1. The summed E-state index contributed by atoms with van der Waals surface area (Å²) in [5.74, 6) is 0.246. The van der Waals surface area contributed by atoms with E-state index in [1.807, 2.05) is 12.5 Å². The highest BCUT2D eigenvalue weighted by atomic mass is 32.1. The second-order valence-electron chi connectivity index (χ2n) is 4.85. The topological polar surface area (TPSA) is 47.8 Å².